The third kappa shape index (κ3) is 5.02. The molecule has 0 aliphatic carbocycles. The summed E-state index contributed by atoms with van der Waals surface area (Å²) >= 11 is 0. The van der Waals surface area contributed by atoms with Crippen molar-refractivity contribution in [1.29, 1.82) is 0 Å². The van der Waals surface area contributed by atoms with E-state index in [1.807, 2.05) is 0 Å². The van der Waals surface area contributed by atoms with Crippen LogP contribution in [0.4, 0.5) is 5.69 Å². The van der Waals surface area contributed by atoms with Crippen LogP contribution in [-0.4, -0.2) is 0 Å². The topological polar surface area (TPSA) is 12.4 Å². The number of nitrogens with zero attached hydrogens (tertiary/aromatic N) is 1. The zero-order chi connectivity index (χ0) is 26.3. The van der Waals surface area contributed by atoms with E-state index in [1.54, 1.807) is 0 Å². The van der Waals surface area contributed by atoms with Crippen molar-refractivity contribution in [2.75, 3.05) is 0 Å². The Labute approximate surface area is 231 Å². The average Bonchev–Trinajstić information content (AvgIpc) is 3.03. The second-order valence-corrected chi connectivity index (χ2v) is 12.6. The zero-order valence-corrected chi connectivity index (χ0v) is 22.6. The molecule has 6 aromatic rings. The van der Waals surface area contributed by atoms with Crippen LogP contribution in [0.2, 0.25) is 0 Å². The molecule has 0 radical (unpaired) electrons. The first-order valence-electron chi connectivity index (χ1n) is 13.3. The molecule has 0 spiro atoms. The van der Waals surface area contributed by atoms with Crippen LogP contribution in [0.15, 0.2) is 181 Å². The van der Waals surface area contributed by atoms with Gasteiger partial charge in [-0.25, -0.2) is 0 Å². The minimum atomic E-state index is -2.40. The van der Waals surface area contributed by atoms with Crippen LogP contribution in [-0.2, 0) is 0 Å². The summed E-state index contributed by atoms with van der Waals surface area (Å²) in [5, 5.41) is 3.73. The van der Waals surface area contributed by atoms with Crippen LogP contribution in [0.25, 0.3) is 0 Å². The van der Waals surface area contributed by atoms with E-state index in [0.717, 1.165) is 5.69 Å². The van der Waals surface area contributed by atoms with Gasteiger partial charge in [-0.05, 0) is 22.8 Å². The Morgan fingerprint density at radius 3 is 1.10 bits per heavy atom. The molecular formula is C37H30NP. The molecule has 188 valence electrons. The van der Waals surface area contributed by atoms with Crippen molar-refractivity contribution in [3.63, 3.8) is 0 Å². The summed E-state index contributed by atoms with van der Waals surface area (Å²) in [5.74, 6) is 0.0663. The summed E-state index contributed by atoms with van der Waals surface area (Å²) in [7, 11) is -2.40. The molecule has 0 heterocycles. The minimum absolute atomic E-state index is 0.0663. The molecule has 0 N–H and O–H groups in total. The van der Waals surface area contributed by atoms with Crippen LogP contribution in [0.1, 0.15) is 22.6 Å². The maximum atomic E-state index is 5.88. The molecule has 0 fully saturated rings. The molecule has 0 aromatic heterocycles. The highest BCUT2D eigenvalue weighted by Gasteiger charge is 2.29. The Hall–Kier alpha value is -4.45. The maximum absolute atomic E-state index is 5.88. The molecule has 0 saturated heterocycles. The van der Waals surface area contributed by atoms with Gasteiger partial charge in [-0.15, -0.1) is 0 Å². The third-order valence-electron chi connectivity index (χ3n) is 7.16. The van der Waals surface area contributed by atoms with Crippen molar-refractivity contribution in [2.24, 2.45) is 4.74 Å². The average molecular weight is 520 g/mol. The van der Waals surface area contributed by atoms with Crippen molar-refractivity contribution in [2.45, 2.75) is 5.92 Å². The molecule has 2 heteroatoms. The zero-order valence-electron chi connectivity index (χ0n) is 21.7. The van der Waals surface area contributed by atoms with Gasteiger partial charge in [0.2, 0.25) is 0 Å². The molecular weight excluding hydrogens is 489 g/mol. The van der Waals surface area contributed by atoms with Crippen LogP contribution in [0.5, 0.6) is 0 Å². The first-order valence-corrected chi connectivity index (χ1v) is 15.1. The monoisotopic (exact) mass is 519 g/mol. The van der Waals surface area contributed by atoms with E-state index in [-0.39, 0.29) is 5.92 Å². The van der Waals surface area contributed by atoms with Gasteiger partial charge in [0.1, 0.15) is 0 Å². The first kappa shape index (κ1) is 24.9. The fraction of sp³-hybridized carbons (Fsp3) is 0.0270. The lowest BCUT2D eigenvalue weighted by Crippen LogP contribution is -2.25. The molecule has 1 nitrogen and oxygen atoms in total. The quantitative estimate of drug-likeness (QED) is 0.148. The molecule has 0 unspecified atom stereocenters. The molecule has 0 aliphatic rings. The number of benzene rings is 6. The smallest absolute Gasteiger partial charge is 0.0666 e. The summed E-state index contributed by atoms with van der Waals surface area (Å²) in [4.78, 5) is 0. The lowest BCUT2D eigenvalue weighted by Gasteiger charge is -2.28. The van der Waals surface area contributed by atoms with Crippen molar-refractivity contribution in [1.82, 2.24) is 0 Å². The van der Waals surface area contributed by atoms with Crippen molar-refractivity contribution >= 4 is 28.7 Å². The summed E-state index contributed by atoms with van der Waals surface area (Å²) in [6.45, 7) is 0. The van der Waals surface area contributed by atoms with Gasteiger partial charge in [0.25, 0.3) is 0 Å². The molecule has 6 rings (SSSR count). The molecule has 0 aliphatic heterocycles. The van der Waals surface area contributed by atoms with Crippen LogP contribution in [0.3, 0.4) is 0 Å². The van der Waals surface area contributed by atoms with Gasteiger partial charge >= 0.3 is 0 Å². The van der Waals surface area contributed by atoms with Crippen molar-refractivity contribution in [3.8, 4) is 0 Å². The second kappa shape index (κ2) is 11.5. The molecule has 0 saturated carbocycles. The Morgan fingerprint density at radius 1 is 0.359 bits per heavy atom. The predicted molar refractivity (Wildman–Crippen MR) is 168 cm³/mol. The Balaban J connectivity index is 1.70. The summed E-state index contributed by atoms with van der Waals surface area (Å²) < 4.78 is 5.88. The summed E-state index contributed by atoms with van der Waals surface area (Å²) in [6, 6.07) is 62.8. The van der Waals surface area contributed by atoms with Crippen molar-refractivity contribution < 1.29 is 0 Å². The van der Waals surface area contributed by atoms with E-state index >= 15 is 0 Å². The Kier molecular flexibility index (Phi) is 7.34. The van der Waals surface area contributed by atoms with Gasteiger partial charge in [0.15, 0.2) is 0 Å². The fourth-order valence-electron chi connectivity index (χ4n) is 5.38. The highest BCUT2D eigenvalue weighted by atomic mass is 31.2. The number of hydrogen-bond acceptors (Lipinski definition) is 1. The van der Waals surface area contributed by atoms with Crippen LogP contribution < -0.4 is 15.9 Å². The summed E-state index contributed by atoms with van der Waals surface area (Å²) in [6.07, 6.45) is 0. The van der Waals surface area contributed by atoms with E-state index in [4.69, 9.17) is 4.74 Å². The lowest BCUT2D eigenvalue weighted by atomic mass is 9.84. The Bertz CT molecular complexity index is 1540. The van der Waals surface area contributed by atoms with E-state index < -0.39 is 7.05 Å². The van der Waals surface area contributed by atoms with E-state index in [9.17, 15) is 0 Å². The minimum Gasteiger partial charge on any atom is -0.254 e. The lowest BCUT2D eigenvalue weighted by molar-refractivity contribution is 0.977. The Morgan fingerprint density at radius 2 is 0.692 bits per heavy atom. The van der Waals surface area contributed by atoms with Crippen LogP contribution >= 0.6 is 7.05 Å². The van der Waals surface area contributed by atoms with E-state index in [0.29, 0.717) is 0 Å². The van der Waals surface area contributed by atoms with Gasteiger partial charge in [0.05, 0.1) is 12.7 Å². The standard InChI is InChI=1S/C37H30NP/c1-6-18-30(19-7-1)37(31-20-8-2-9-21-31)35-28-16-17-29-36(35)38-39(32-22-10-3-11-23-32,33-24-12-4-13-25-33)34-26-14-5-15-27-34/h1-29,37H. The predicted octanol–water partition coefficient (Wildman–Crippen LogP) is 8.68. The maximum Gasteiger partial charge on any atom is 0.0666 e. The highest BCUT2D eigenvalue weighted by Crippen LogP contribution is 2.51. The van der Waals surface area contributed by atoms with E-state index in [2.05, 4.69) is 176 Å². The first-order chi connectivity index (χ1) is 19.4. The highest BCUT2D eigenvalue weighted by molar-refractivity contribution is 7.87. The molecule has 0 amide bonds. The second-order valence-electron chi connectivity index (χ2n) is 9.56. The normalized spacial score (nSPS) is 11.3. The van der Waals surface area contributed by atoms with Crippen molar-refractivity contribution in [3.05, 3.63) is 193 Å². The van der Waals surface area contributed by atoms with Gasteiger partial charge in [0, 0.05) is 21.8 Å². The molecule has 6 aromatic carbocycles. The molecule has 0 bridgehead atoms. The van der Waals surface area contributed by atoms with E-state index in [1.165, 1.54) is 32.6 Å². The number of rotatable bonds is 7. The molecule has 39 heavy (non-hydrogen) atoms. The van der Waals surface area contributed by atoms with Gasteiger partial charge in [-0.2, -0.15) is 0 Å². The molecule has 0 atom stereocenters. The van der Waals surface area contributed by atoms with Gasteiger partial charge in [-0.1, -0.05) is 170 Å². The van der Waals surface area contributed by atoms with Crippen LogP contribution in [0, 0.1) is 0 Å². The fourth-order valence-corrected chi connectivity index (χ4v) is 8.94. The van der Waals surface area contributed by atoms with Gasteiger partial charge in [-0.3, -0.25) is 4.74 Å². The van der Waals surface area contributed by atoms with Gasteiger partial charge < -0.3 is 0 Å². The SMILES string of the molecule is c1ccc(C(c2ccccc2)c2ccccc2N=P(c2ccccc2)(c2ccccc2)c2ccccc2)cc1. The third-order valence-corrected chi connectivity index (χ3v) is 10.8. The largest absolute Gasteiger partial charge is 0.254 e. The number of hydrogen-bond donors (Lipinski definition) is 0. The summed E-state index contributed by atoms with van der Waals surface area (Å²) in [5.41, 5.74) is 4.76.